The zero-order chi connectivity index (χ0) is 17.1. The Kier molecular flexibility index (Phi) is 5.06. The van der Waals surface area contributed by atoms with Gasteiger partial charge in [0.25, 0.3) is 5.69 Å². The third-order valence-electron chi connectivity index (χ3n) is 4.17. The van der Waals surface area contributed by atoms with Crippen LogP contribution >= 0.6 is 11.6 Å². The largest absolute Gasteiger partial charge is 0.294 e. The molecule has 0 unspecified atom stereocenters. The van der Waals surface area contributed by atoms with Crippen molar-refractivity contribution in [3.05, 3.63) is 62.2 Å². The first-order valence-electron chi connectivity index (χ1n) is 8.05. The van der Waals surface area contributed by atoms with Gasteiger partial charge in [0, 0.05) is 67.1 Å². The fraction of sp³-hybridized carbons (Fsp3) is 0.412. The van der Waals surface area contributed by atoms with Crippen LogP contribution in [0, 0.1) is 10.1 Å². The number of halogens is 1. The second kappa shape index (κ2) is 7.23. The first-order chi connectivity index (χ1) is 11.6. The van der Waals surface area contributed by atoms with Crippen LogP contribution in [0.15, 0.2) is 24.4 Å². The molecule has 0 N–H and O–H groups in total. The zero-order valence-corrected chi connectivity index (χ0v) is 14.3. The zero-order valence-electron chi connectivity index (χ0n) is 13.5. The fourth-order valence-corrected chi connectivity index (χ4v) is 3.11. The highest BCUT2D eigenvalue weighted by atomic mass is 35.5. The van der Waals surface area contributed by atoms with Crippen LogP contribution in [0.25, 0.3) is 0 Å². The Balaban J connectivity index is 1.74. The number of nitro groups is 1. The molecule has 1 aliphatic rings. The molecular formula is C17H19ClN4O2. The Morgan fingerprint density at radius 1 is 1.42 bits per heavy atom. The van der Waals surface area contributed by atoms with Gasteiger partial charge in [-0.1, -0.05) is 18.5 Å². The second-order valence-corrected chi connectivity index (χ2v) is 6.41. The van der Waals surface area contributed by atoms with E-state index in [0.717, 1.165) is 55.0 Å². The molecule has 1 aliphatic heterocycles. The van der Waals surface area contributed by atoms with Crippen molar-refractivity contribution in [1.82, 2.24) is 14.9 Å². The number of hydrogen-bond acceptors (Lipinski definition) is 5. The number of hydrogen-bond donors (Lipinski definition) is 0. The molecule has 2 aromatic rings. The highest BCUT2D eigenvalue weighted by Crippen LogP contribution is 2.25. The third-order valence-corrected chi connectivity index (χ3v) is 4.54. The van der Waals surface area contributed by atoms with E-state index in [0.29, 0.717) is 11.6 Å². The van der Waals surface area contributed by atoms with E-state index in [-0.39, 0.29) is 5.69 Å². The molecule has 126 valence electrons. The van der Waals surface area contributed by atoms with Gasteiger partial charge in [-0.15, -0.1) is 0 Å². The summed E-state index contributed by atoms with van der Waals surface area (Å²) in [6.07, 6.45) is 4.71. The molecule has 0 saturated carbocycles. The van der Waals surface area contributed by atoms with Crippen molar-refractivity contribution in [1.29, 1.82) is 0 Å². The summed E-state index contributed by atoms with van der Waals surface area (Å²) in [5, 5.41) is 11.5. The lowest BCUT2D eigenvalue weighted by atomic mass is 10.1. The molecule has 0 fully saturated rings. The van der Waals surface area contributed by atoms with E-state index in [4.69, 9.17) is 11.6 Å². The molecule has 0 radical (unpaired) electrons. The summed E-state index contributed by atoms with van der Waals surface area (Å²) in [5.41, 5.74) is 3.09. The maximum atomic E-state index is 10.9. The monoisotopic (exact) mass is 346 g/mol. The molecule has 1 aromatic carbocycles. The van der Waals surface area contributed by atoms with Crippen molar-refractivity contribution < 1.29 is 4.92 Å². The molecule has 2 heterocycles. The third kappa shape index (κ3) is 3.71. The Morgan fingerprint density at radius 3 is 3.00 bits per heavy atom. The molecule has 0 spiro atoms. The standard InChI is InChI=1S/C17H19ClN4O2/c1-2-3-17-19-9-13-11-21(7-6-16(13)20-17)10-12-8-14(22(23)24)4-5-15(12)18/h4-5,8-9H,2-3,6-7,10-11H2,1H3. The van der Waals surface area contributed by atoms with E-state index in [1.54, 1.807) is 12.1 Å². The van der Waals surface area contributed by atoms with E-state index < -0.39 is 4.92 Å². The van der Waals surface area contributed by atoms with Gasteiger partial charge in [-0.2, -0.15) is 0 Å². The quantitative estimate of drug-likeness (QED) is 0.611. The molecule has 0 aliphatic carbocycles. The molecule has 0 saturated heterocycles. The SMILES string of the molecule is CCCc1ncc2c(n1)CCN(Cc1cc([N+](=O)[O-])ccc1Cl)C2. The van der Waals surface area contributed by atoms with E-state index in [9.17, 15) is 10.1 Å². The minimum Gasteiger partial charge on any atom is -0.294 e. The summed E-state index contributed by atoms with van der Waals surface area (Å²) >= 11 is 6.20. The van der Waals surface area contributed by atoms with Crippen molar-refractivity contribution in [2.45, 2.75) is 39.3 Å². The number of benzene rings is 1. The number of nitrogens with zero attached hydrogens (tertiary/aromatic N) is 4. The van der Waals surface area contributed by atoms with Crippen molar-refractivity contribution in [2.24, 2.45) is 0 Å². The van der Waals surface area contributed by atoms with Crippen LogP contribution in [-0.4, -0.2) is 26.3 Å². The summed E-state index contributed by atoms with van der Waals surface area (Å²) in [6.45, 7) is 4.29. The highest BCUT2D eigenvalue weighted by molar-refractivity contribution is 6.31. The first kappa shape index (κ1) is 16.8. The highest BCUT2D eigenvalue weighted by Gasteiger charge is 2.20. The maximum Gasteiger partial charge on any atom is 0.269 e. The van der Waals surface area contributed by atoms with E-state index in [1.807, 2.05) is 6.20 Å². The Morgan fingerprint density at radius 2 is 2.25 bits per heavy atom. The van der Waals surface area contributed by atoms with Crippen molar-refractivity contribution >= 4 is 17.3 Å². The van der Waals surface area contributed by atoms with Crippen molar-refractivity contribution in [2.75, 3.05) is 6.54 Å². The Bertz CT molecular complexity index is 766. The molecule has 0 atom stereocenters. The van der Waals surface area contributed by atoms with Crippen LogP contribution in [-0.2, 0) is 25.9 Å². The number of nitro benzene ring substituents is 1. The van der Waals surface area contributed by atoms with Crippen LogP contribution in [0.5, 0.6) is 0 Å². The second-order valence-electron chi connectivity index (χ2n) is 6.00. The van der Waals surface area contributed by atoms with Gasteiger partial charge in [-0.25, -0.2) is 9.97 Å². The summed E-state index contributed by atoms with van der Waals surface area (Å²) in [5.74, 6) is 0.909. The van der Waals surface area contributed by atoms with Crippen LogP contribution < -0.4 is 0 Å². The van der Waals surface area contributed by atoms with Crippen molar-refractivity contribution in [3.63, 3.8) is 0 Å². The molecule has 6 nitrogen and oxygen atoms in total. The molecule has 1 aromatic heterocycles. The topological polar surface area (TPSA) is 72.2 Å². The Labute approximate surface area is 145 Å². The van der Waals surface area contributed by atoms with Crippen molar-refractivity contribution in [3.8, 4) is 0 Å². The number of non-ortho nitro benzene ring substituents is 1. The van der Waals surface area contributed by atoms with Crippen LogP contribution in [0.1, 0.15) is 36.0 Å². The van der Waals surface area contributed by atoms with Gasteiger partial charge in [0.2, 0.25) is 0 Å². The molecule has 7 heteroatoms. The van der Waals surface area contributed by atoms with E-state index >= 15 is 0 Å². The van der Waals surface area contributed by atoms with E-state index in [1.165, 1.54) is 6.07 Å². The minimum absolute atomic E-state index is 0.0688. The van der Waals surface area contributed by atoms with Crippen LogP contribution in [0.4, 0.5) is 5.69 Å². The number of aryl methyl sites for hydroxylation is 1. The fourth-order valence-electron chi connectivity index (χ4n) is 2.93. The summed E-state index contributed by atoms with van der Waals surface area (Å²) in [7, 11) is 0. The average molecular weight is 347 g/mol. The molecule has 3 rings (SSSR count). The van der Waals surface area contributed by atoms with Gasteiger partial charge in [-0.05, 0) is 18.1 Å². The number of fused-ring (bicyclic) bond motifs is 1. The normalized spacial score (nSPS) is 14.4. The first-order valence-corrected chi connectivity index (χ1v) is 8.43. The van der Waals surface area contributed by atoms with Gasteiger partial charge < -0.3 is 0 Å². The lowest BCUT2D eigenvalue weighted by Gasteiger charge is -2.28. The van der Waals surface area contributed by atoms with Crippen LogP contribution in [0.3, 0.4) is 0 Å². The van der Waals surface area contributed by atoms with Gasteiger partial charge in [0.15, 0.2) is 0 Å². The minimum atomic E-state index is -0.394. The molecular weight excluding hydrogens is 328 g/mol. The summed E-state index contributed by atoms with van der Waals surface area (Å²) < 4.78 is 0. The average Bonchev–Trinajstić information content (AvgIpc) is 2.57. The van der Waals surface area contributed by atoms with Crippen LogP contribution in [0.2, 0.25) is 5.02 Å². The van der Waals surface area contributed by atoms with Gasteiger partial charge in [-0.3, -0.25) is 15.0 Å². The predicted molar refractivity (Wildman–Crippen MR) is 92.0 cm³/mol. The summed E-state index contributed by atoms with van der Waals surface area (Å²) in [4.78, 5) is 21.8. The molecule has 0 amide bonds. The lowest BCUT2D eigenvalue weighted by Crippen LogP contribution is -2.31. The number of aromatic nitrogens is 2. The van der Waals surface area contributed by atoms with Gasteiger partial charge in [0.05, 0.1) is 4.92 Å². The molecule has 24 heavy (non-hydrogen) atoms. The molecule has 0 bridgehead atoms. The smallest absolute Gasteiger partial charge is 0.269 e. The lowest BCUT2D eigenvalue weighted by molar-refractivity contribution is -0.384. The summed E-state index contributed by atoms with van der Waals surface area (Å²) in [6, 6.07) is 4.58. The van der Waals surface area contributed by atoms with Gasteiger partial charge in [0.1, 0.15) is 5.82 Å². The predicted octanol–water partition coefficient (Wildman–Crippen LogP) is 3.55. The maximum absolute atomic E-state index is 10.9. The van der Waals surface area contributed by atoms with Gasteiger partial charge >= 0.3 is 0 Å². The number of rotatable bonds is 5. The van der Waals surface area contributed by atoms with E-state index in [2.05, 4.69) is 21.8 Å². The Hall–Kier alpha value is -2.05.